The Kier molecular flexibility index (Phi) is 6.30. The van der Waals surface area contributed by atoms with Crippen LogP contribution in [-0.4, -0.2) is 28.8 Å². The molecule has 134 valence electrons. The molecule has 1 saturated carbocycles. The first-order valence-electron chi connectivity index (χ1n) is 9.69. The van der Waals surface area contributed by atoms with Crippen LogP contribution < -0.4 is 5.32 Å². The van der Waals surface area contributed by atoms with Gasteiger partial charge in [0.25, 0.3) is 0 Å². The van der Waals surface area contributed by atoms with Crippen molar-refractivity contribution in [2.45, 2.75) is 77.9 Å². The molecule has 0 bridgehead atoms. The van der Waals surface area contributed by atoms with Gasteiger partial charge in [0.2, 0.25) is 5.91 Å². The molecule has 2 heterocycles. The number of hydrogen-bond donors (Lipinski definition) is 1. The second-order valence-corrected chi connectivity index (χ2v) is 7.19. The second-order valence-electron chi connectivity index (χ2n) is 7.19. The Morgan fingerprint density at radius 1 is 1.38 bits per heavy atom. The second kappa shape index (κ2) is 8.65. The van der Waals surface area contributed by atoms with Crippen LogP contribution in [0.4, 0.5) is 0 Å². The number of ether oxygens (including phenoxy) is 1. The molecule has 3 rings (SSSR count). The molecule has 1 N–H and O–H groups in total. The predicted molar refractivity (Wildman–Crippen MR) is 93.8 cm³/mol. The Labute approximate surface area is 145 Å². The molecule has 1 aliphatic carbocycles. The van der Waals surface area contributed by atoms with Crippen molar-refractivity contribution in [3.8, 4) is 0 Å². The van der Waals surface area contributed by atoms with Crippen LogP contribution >= 0.6 is 0 Å². The number of hydrogen-bond acceptors (Lipinski definition) is 3. The summed E-state index contributed by atoms with van der Waals surface area (Å²) in [6.07, 6.45) is 9.90. The lowest BCUT2D eigenvalue weighted by molar-refractivity contribution is -0.121. The molecule has 0 atom stereocenters. The molecular formula is C19H31N3O2. The van der Waals surface area contributed by atoms with E-state index in [4.69, 9.17) is 9.84 Å². The fourth-order valence-electron chi connectivity index (χ4n) is 4.02. The minimum Gasteiger partial charge on any atom is -0.376 e. The lowest BCUT2D eigenvalue weighted by Crippen LogP contribution is -2.26. The van der Waals surface area contributed by atoms with Gasteiger partial charge in [0.1, 0.15) is 0 Å². The van der Waals surface area contributed by atoms with Crippen molar-refractivity contribution in [3.05, 3.63) is 17.0 Å². The number of aromatic nitrogens is 2. The quantitative estimate of drug-likeness (QED) is 0.796. The number of fused-ring (bicyclic) bond motifs is 1. The van der Waals surface area contributed by atoms with Crippen LogP contribution in [0.2, 0.25) is 0 Å². The Morgan fingerprint density at radius 3 is 3.00 bits per heavy atom. The Morgan fingerprint density at radius 2 is 2.21 bits per heavy atom. The highest BCUT2D eigenvalue weighted by Crippen LogP contribution is 2.28. The summed E-state index contributed by atoms with van der Waals surface area (Å²) in [5.41, 5.74) is 3.70. The van der Waals surface area contributed by atoms with E-state index < -0.39 is 0 Å². The van der Waals surface area contributed by atoms with E-state index in [0.717, 1.165) is 50.4 Å². The van der Waals surface area contributed by atoms with Crippen molar-refractivity contribution in [3.63, 3.8) is 0 Å². The van der Waals surface area contributed by atoms with Gasteiger partial charge < -0.3 is 10.1 Å². The number of aryl methyl sites for hydroxylation is 1. The first-order valence-corrected chi connectivity index (χ1v) is 9.69. The number of nitrogens with zero attached hydrogens (tertiary/aromatic N) is 2. The number of carbonyl (C=O) groups is 1. The molecule has 24 heavy (non-hydrogen) atoms. The number of nitrogens with one attached hydrogen (secondary N) is 1. The highest BCUT2D eigenvalue weighted by Gasteiger charge is 2.21. The van der Waals surface area contributed by atoms with Gasteiger partial charge in [-0.05, 0) is 18.8 Å². The van der Waals surface area contributed by atoms with Gasteiger partial charge in [0.05, 0.1) is 18.9 Å². The fourth-order valence-corrected chi connectivity index (χ4v) is 4.02. The summed E-state index contributed by atoms with van der Waals surface area (Å²) < 4.78 is 7.76. The fraction of sp³-hybridized carbons (Fsp3) is 0.789. The van der Waals surface area contributed by atoms with Gasteiger partial charge in [0.15, 0.2) is 0 Å². The van der Waals surface area contributed by atoms with Gasteiger partial charge in [-0.3, -0.25) is 9.48 Å². The molecule has 1 amide bonds. The summed E-state index contributed by atoms with van der Waals surface area (Å²) in [7, 11) is 0. The zero-order valence-corrected chi connectivity index (χ0v) is 15.0. The monoisotopic (exact) mass is 333 g/mol. The topological polar surface area (TPSA) is 56.2 Å². The maximum Gasteiger partial charge on any atom is 0.220 e. The van der Waals surface area contributed by atoms with E-state index >= 15 is 0 Å². The summed E-state index contributed by atoms with van der Waals surface area (Å²) in [5, 5.41) is 7.85. The number of rotatable bonds is 8. The summed E-state index contributed by atoms with van der Waals surface area (Å²) >= 11 is 0. The smallest absolute Gasteiger partial charge is 0.220 e. The van der Waals surface area contributed by atoms with Gasteiger partial charge in [-0.2, -0.15) is 5.10 Å². The van der Waals surface area contributed by atoms with E-state index in [0.29, 0.717) is 19.6 Å². The van der Waals surface area contributed by atoms with Gasteiger partial charge in [0, 0.05) is 43.6 Å². The third-order valence-electron chi connectivity index (χ3n) is 5.35. The normalized spacial score (nSPS) is 17.9. The molecule has 0 radical (unpaired) electrons. The highest BCUT2D eigenvalue weighted by molar-refractivity contribution is 5.75. The van der Waals surface area contributed by atoms with Crippen LogP contribution in [0.1, 0.15) is 68.8 Å². The summed E-state index contributed by atoms with van der Waals surface area (Å²) in [4.78, 5) is 12.0. The summed E-state index contributed by atoms with van der Waals surface area (Å²) in [5.74, 6) is 0.977. The molecule has 0 saturated heterocycles. The van der Waals surface area contributed by atoms with Crippen LogP contribution in [0.5, 0.6) is 0 Å². The largest absolute Gasteiger partial charge is 0.376 e. The van der Waals surface area contributed by atoms with Crippen molar-refractivity contribution in [2.75, 3.05) is 13.2 Å². The van der Waals surface area contributed by atoms with E-state index in [1.165, 1.54) is 36.9 Å². The average molecular weight is 333 g/mol. The molecule has 5 nitrogen and oxygen atoms in total. The third-order valence-corrected chi connectivity index (χ3v) is 5.35. The molecule has 0 aromatic carbocycles. The van der Waals surface area contributed by atoms with Gasteiger partial charge in [-0.1, -0.05) is 32.6 Å². The molecule has 5 heteroatoms. The van der Waals surface area contributed by atoms with E-state index in [1.54, 1.807) is 0 Å². The molecule has 1 aromatic heterocycles. The SMILES string of the molecule is CCCn1nc(CCNC(=O)CCC2CCCC2)c2c1CCOC2. The van der Waals surface area contributed by atoms with Gasteiger partial charge >= 0.3 is 0 Å². The molecule has 0 unspecified atom stereocenters. The van der Waals surface area contributed by atoms with E-state index in [-0.39, 0.29) is 5.91 Å². The van der Waals surface area contributed by atoms with E-state index in [2.05, 4.69) is 16.9 Å². The van der Waals surface area contributed by atoms with Crippen LogP contribution in [0.15, 0.2) is 0 Å². The molecule has 1 aliphatic heterocycles. The Hall–Kier alpha value is -1.36. The van der Waals surface area contributed by atoms with Gasteiger partial charge in [-0.15, -0.1) is 0 Å². The lowest BCUT2D eigenvalue weighted by atomic mass is 10.0. The maximum absolute atomic E-state index is 12.0. The molecule has 2 aliphatic rings. The molecule has 1 fully saturated rings. The first-order chi connectivity index (χ1) is 11.8. The lowest BCUT2D eigenvalue weighted by Gasteiger charge is -2.15. The zero-order valence-electron chi connectivity index (χ0n) is 15.0. The minimum atomic E-state index is 0.194. The van der Waals surface area contributed by atoms with Crippen molar-refractivity contribution >= 4 is 5.91 Å². The van der Waals surface area contributed by atoms with E-state index in [1.807, 2.05) is 0 Å². The molecule has 0 spiro atoms. The first kappa shape index (κ1) is 17.5. The van der Waals surface area contributed by atoms with E-state index in [9.17, 15) is 4.79 Å². The van der Waals surface area contributed by atoms with Crippen LogP contribution in [0.3, 0.4) is 0 Å². The average Bonchev–Trinajstić information content (AvgIpc) is 3.23. The number of amides is 1. The molecular weight excluding hydrogens is 302 g/mol. The third kappa shape index (κ3) is 4.38. The maximum atomic E-state index is 12.0. The number of carbonyl (C=O) groups excluding carboxylic acids is 1. The minimum absolute atomic E-state index is 0.194. The van der Waals surface area contributed by atoms with Crippen molar-refractivity contribution in [1.29, 1.82) is 0 Å². The summed E-state index contributed by atoms with van der Waals surface area (Å²) in [6, 6.07) is 0. The standard InChI is InChI=1S/C19H31N3O2/c1-2-12-22-18-10-13-24-14-16(18)17(21-22)9-11-20-19(23)8-7-15-5-3-4-6-15/h15H,2-14H2,1H3,(H,20,23). The molecule has 1 aromatic rings. The van der Waals surface area contributed by atoms with Gasteiger partial charge in [-0.25, -0.2) is 0 Å². The predicted octanol–water partition coefficient (Wildman–Crippen LogP) is 2.99. The summed E-state index contributed by atoms with van der Waals surface area (Å²) in [6.45, 7) is 5.29. The highest BCUT2D eigenvalue weighted by atomic mass is 16.5. The van der Waals surface area contributed by atoms with Crippen molar-refractivity contribution in [2.24, 2.45) is 5.92 Å². The zero-order chi connectivity index (χ0) is 16.8. The van der Waals surface area contributed by atoms with Crippen LogP contribution in [0, 0.1) is 5.92 Å². The Balaban J connectivity index is 1.46. The van der Waals surface area contributed by atoms with Crippen LogP contribution in [-0.2, 0) is 35.5 Å². The van der Waals surface area contributed by atoms with Crippen molar-refractivity contribution < 1.29 is 9.53 Å². The Bertz CT molecular complexity index is 547. The van der Waals surface area contributed by atoms with Crippen molar-refractivity contribution in [1.82, 2.24) is 15.1 Å². The van der Waals surface area contributed by atoms with Crippen LogP contribution in [0.25, 0.3) is 0 Å².